The van der Waals surface area contributed by atoms with Gasteiger partial charge in [0.25, 0.3) is 0 Å². The molecule has 0 spiro atoms. The Kier molecular flexibility index (Phi) is 15.4. The number of esters is 1. The summed E-state index contributed by atoms with van der Waals surface area (Å²) in [5.41, 5.74) is 0. The minimum absolute atomic E-state index is 0.00296. The van der Waals surface area contributed by atoms with Crippen molar-refractivity contribution in [2.24, 2.45) is 23.7 Å². The van der Waals surface area contributed by atoms with Crippen molar-refractivity contribution in [1.82, 2.24) is 9.80 Å². The molecule has 0 saturated carbocycles. The normalized spacial score (nSPS) is 23.2. The molecular weight excluding hydrogens is 460 g/mol. The number of carboxylic acids is 1. The third-order valence-electron chi connectivity index (χ3n) is 7.85. The van der Waals surface area contributed by atoms with E-state index in [-0.39, 0.29) is 24.7 Å². The summed E-state index contributed by atoms with van der Waals surface area (Å²) in [5, 5.41) is 8.53. The number of carboxylic acid groups (broad SMARTS) is 1. The van der Waals surface area contributed by atoms with Gasteiger partial charge in [-0.05, 0) is 42.9 Å². The van der Waals surface area contributed by atoms with Crippen LogP contribution >= 0.6 is 0 Å². The van der Waals surface area contributed by atoms with Crippen molar-refractivity contribution in [3.05, 3.63) is 0 Å². The van der Waals surface area contributed by atoms with Gasteiger partial charge >= 0.3 is 11.9 Å². The number of nitrogens with zero attached hydrogens (tertiary/aromatic N) is 2. The number of hydrogen-bond donors (Lipinski definition) is 1. The standard InChI is InChI=1S/C16H29NO3.C12H21NO3/c1-4-14-11-17(12-15(14)5-2)16(19)9-7-6-8-10-20-13(3)18;1-3-9-7-13(8-10(9)4-2)11(14)5-6-12(15)16/h14-15H,4-12H2,1-3H3;9-10H,3-8H2,1-2H3,(H,15,16). The van der Waals surface area contributed by atoms with Crippen molar-refractivity contribution in [2.75, 3.05) is 32.8 Å². The van der Waals surface area contributed by atoms with Crippen LogP contribution in [0.4, 0.5) is 0 Å². The number of rotatable bonds is 13. The van der Waals surface area contributed by atoms with Crippen molar-refractivity contribution in [3.63, 3.8) is 0 Å². The zero-order chi connectivity index (χ0) is 27.1. The fourth-order valence-electron chi connectivity index (χ4n) is 5.44. The number of carbonyl (C=O) groups excluding carboxylic acids is 3. The van der Waals surface area contributed by atoms with Gasteiger partial charge in [0.1, 0.15) is 0 Å². The molecule has 2 heterocycles. The minimum atomic E-state index is -0.897. The molecular formula is C28H50N2O6. The number of amides is 2. The Morgan fingerprint density at radius 3 is 1.44 bits per heavy atom. The molecule has 0 radical (unpaired) electrons. The molecule has 2 aliphatic rings. The van der Waals surface area contributed by atoms with Crippen molar-refractivity contribution in [3.8, 4) is 0 Å². The van der Waals surface area contributed by atoms with E-state index in [1.807, 2.05) is 4.90 Å². The van der Waals surface area contributed by atoms with E-state index in [2.05, 4.69) is 32.6 Å². The Morgan fingerprint density at radius 2 is 1.08 bits per heavy atom. The summed E-state index contributed by atoms with van der Waals surface area (Å²) < 4.78 is 4.87. The highest BCUT2D eigenvalue weighted by Crippen LogP contribution is 2.30. The van der Waals surface area contributed by atoms with Gasteiger partial charge < -0.3 is 19.6 Å². The van der Waals surface area contributed by atoms with E-state index in [4.69, 9.17) is 9.84 Å². The number of ether oxygens (including phenoxy) is 1. The van der Waals surface area contributed by atoms with Crippen LogP contribution in [0.2, 0.25) is 0 Å². The van der Waals surface area contributed by atoms with Crippen LogP contribution in [0.5, 0.6) is 0 Å². The Balaban J connectivity index is 0.000000369. The Hall–Kier alpha value is -2.12. The lowest BCUT2D eigenvalue weighted by atomic mass is 9.92. The third-order valence-corrected chi connectivity index (χ3v) is 7.85. The van der Waals surface area contributed by atoms with Gasteiger partial charge in [-0.2, -0.15) is 0 Å². The van der Waals surface area contributed by atoms with Crippen LogP contribution in [-0.4, -0.2) is 71.4 Å². The van der Waals surface area contributed by atoms with Crippen LogP contribution in [0.25, 0.3) is 0 Å². The lowest BCUT2D eigenvalue weighted by molar-refractivity contribution is -0.141. The number of hydrogen-bond acceptors (Lipinski definition) is 5. The molecule has 4 unspecified atom stereocenters. The van der Waals surface area contributed by atoms with E-state index in [9.17, 15) is 19.2 Å². The highest BCUT2D eigenvalue weighted by molar-refractivity contribution is 5.81. The monoisotopic (exact) mass is 510 g/mol. The van der Waals surface area contributed by atoms with Crippen LogP contribution in [0, 0.1) is 23.7 Å². The molecule has 0 aromatic heterocycles. The Bertz CT molecular complexity index is 674. The van der Waals surface area contributed by atoms with Crippen LogP contribution < -0.4 is 0 Å². The number of aliphatic carboxylic acids is 1. The Labute approximate surface area is 218 Å². The molecule has 0 bridgehead atoms. The molecule has 4 atom stereocenters. The topological polar surface area (TPSA) is 104 Å². The summed E-state index contributed by atoms with van der Waals surface area (Å²) >= 11 is 0. The maximum Gasteiger partial charge on any atom is 0.303 e. The summed E-state index contributed by atoms with van der Waals surface area (Å²) in [4.78, 5) is 48.8. The second kappa shape index (κ2) is 17.4. The zero-order valence-corrected chi connectivity index (χ0v) is 23.3. The number of likely N-dealkylation sites (tertiary alicyclic amines) is 2. The highest BCUT2D eigenvalue weighted by Gasteiger charge is 2.33. The van der Waals surface area contributed by atoms with E-state index < -0.39 is 5.97 Å². The van der Waals surface area contributed by atoms with Gasteiger partial charge in [0.15, 0.2) is 0 Å². The Morgan fingerprint density at radius 1 is 0.667 bits per heavy atom. The largest absolute Gasteiger partial charge is 0.481 e. The molecule has 2 fully saturated rings. The average molecular weight is 511 g/mol. The predicted molar refractivity (Wildman–Crippen MR) is 140 cm³/mol. The molecule has 36 heavy (non-hydrogen) atoms. The van der Waals surface area contributed by atoms with Gasteiger partial charge in [0.2, 0.25) is 11.8 Å². The van der Waals surface area contributed by atoms with Crippen molar-refractivity contribution in [2.45, 2.75) is 98.8 Å². The molecule has 0 aliphatic carbocycles. The SMILES string of the molecule is CCC1CN(C(=O)CCC(=O)O)CC1CC.CCC1CN(C(=O)CCCCCOC(C)=O)CC1CC. The van der Waals surface area contributed by atoms with Gasteiger partial charge in [-0.3, -0.25) is 19.2 Å². The summed E-state index contributed by atoms with van der Waals surface area (Å²) in [5.74, 6) is 1.74. The lowest BCUT2D eigenvalue weighted by Crippen LogP contribution is -2.29. The first-order valence-electron chi connectivity index (χ1n) is 14.1. The van der Waals surface area contributed by atoms with Crippen molar-refractivity contribution >= 4 is 23.8 Å². The van der Waals surface area contributed by atoms with Gasteiger partial charge in [-0.15, -0.1) is 0 Å². The molecule has 1 N–H and O–H groups in total. The average Bonchev–Trinajstić information content (AvgIpc) is 3.48. The summed E-state index contributed by atoms with van der Waals surface area (Å²) in [6, 6.07) is 0. The van der Waals surface area contributed by atoms with Gasteiger partial charge in [0, 0.05) is 45.9 Å². The quantitative estimate of drug-likeness (QED) is 0.283. The molecule has 2 saturated heterocycles. The van der Waals surface area contributed by atoms with E-state index in [1.54, 1.807) is 0 Å². The number of carbonyl (C=O) groups is 4. The molecule has 208 valence electrons. The first-order valence-corrected chi connectivity index (χ1v) is 14.1. The summed E-state index contributed by atoms with van der Waals surface area (Å²) in [6.45, 7) is 14.2. The van der Waals surface area contributed by atoms with Crippen LogP contribution in [0.1, 0.15) is 98.8 Å². The molecule has 2 rings (SSSR count). The van der Waals surface area contributed by atoms with E-state index in [1.165, 1.54) is 19.8 Å². The predicted octanol–water partition coefficient (Wildman–Crippen LogP) is 4.75. The fraction of sp³-hybridized carbons (Fsp3) is 0.857. The van der Waals surface area contributed by atoms with E-state index in [0.29, 0.717) is 42.6 Å². The highest BCUT2D eigenvalue weighted by atomic mass is 16.5. The van der Waals surface area contributed by atoms with Crippen LogP contribution in [0.15, 0.2) is 0 Å². The van der Waals surface area contributed by atoms with Crippen molar-refractivity contribution in [1.29, 1.82) is 0 Å². The molecule has 0 aromatic rings. The lowest BCUT2D eigenvalue weighted by Gasteiger charge is -2.16. The second-order valence-electron chi connectivity index (χ2n) is 10.3. The zero-order valence-electron chi connectivity index (χ0n) is 23.3. The van der Waals surface area contributed by atoms with E-state index in [0.717, 1.165) is 58.3 Å². The van der Waals surface area contributed by atoms with Gasteiger partial charge in [-0.25, -0.2) is 0 Å². The second-order valence-corrected chi connectivity index (χ2v) is 10.3. The third kappa shape index (κ3) is 11.3. The molecule has 8 heteroatoms. The molecule has 2 aliphatic heterocycles. The van der Waals surface area contributed by atoms with Gasteiger partial charge in [0.05, 0.1) is 13.0 Å². The smallest absolute Gasteiger partial charge is 0.303 e. The maximum atomic E-state index is 12.1. The van der Waals surface area contributed by atoms with Crippen molar-refractivity contribution < 1.29 is 29.0 Å². The van der Waals surface area contributed by atoms with Crippen LogP contribution in [0.3, 0.4) is 0 Å². The van der Waals surface area contributed by atoms with Gasteiger partial charge in [-0.1, -0.05) is 53.4 Å². The molecule has 2 amide bonds. The minimum Gasteiger partial charge on any atom is -0.481 e. The maximum absolute atomic E-state index is 12.1. The first kappa shape index (κ1) is 31.9. The number of unbranched alkanes of at least 4 members (excludes halogenated alkanes) is 2. The summed E-state index contributed by atoms with van der Waals surface area (Å²) in [6.07, 6.45) is 7.95. The fourth-order valence-corrected chi connectivity index (χ4v) is 5.44. The first-order chi connectivity index (χ1) is 17.2. The molecule has 0 aromatic carbocycles. The summed E-state index contributed by atoms with van der Waals surface area (Å²) in [7, 11) is 0. The van der Waals surface area contributed by atoms with Crippen LogP contribution in [-0.2, 0) is 23.9 Å². The molecule has 8 nitrogen and oxygen atoms in total. The van der Waals surface area contributed by atoms with E-state index >= 15 is 0 Å².